The third-order valence-corrected chi connectivity index (χ3v) is 10.6. The maximum Gasteiger partial charge on any atom is 0.263 e. The summed E-state index contributed by atoms with van der Waals surface area (Å²) < 4.78 is 2.78. The molecule has 2 aromatic rings. The lowest BCUT2D eigenvalue weighted by atomic mass is 9.89. The monoisotopic (exact) mass is 692 g/mol. The van der Waals surface area contributed by atoms with Crippen LogP contribution < -0.4 is 27.4 Å². The molecule has 12 nitrogen and oxygen atoms in total. The molecule has 0 amide bonds. The number of benzene rings is 2. The third-order valence-electron chi connectivity index (χ3n) is 10.6. The molecular weight excluding hydrogens is 632 g/mol. The van der Waals surface area contributed by atoms with Gasteiger partial charge < -0.3 is 30.0 Å². The van der Waals surface area contributed by atoms with Gasteiger partial charge in [0.15, 0.2) is 0 Å². The lowest BCUT2D eigenvalue weighted by Crippen LogP contribution is -2.40. The standard InChI is InChI=1S/C38H60N8O4/c1-9-41(10-2)19-17-39-29-25-27-32-31-28(36(48)45(37(49)33(29)31)23-21-43(13-5)14-6)26-30(40-18-20-42(11-3)12-4)34(32)38(50)46(35(27)47)24-22-44(15-7)16-8/h25-26,39,47H,9-24H2,1-8H3. The molecule has 2 heterocycles. The van der Waals surface area contributed by atoms with Gasteiger partial charge in [-0.05, 0) is 64.5 Å². The first-order chi connectivity index (χ1) is 24.1. The molecule has 0 saturated carbocycles. The minimum Gasteiger partial charge on any atom is -0.494 e. The number of hydrogen-bond acceptors (Lipinski definition) is 10. The largest absolute Gasteiger partial charge is 0.494 e. The molecule has 0 bridgehead atoms. The number of nitrogens with zero attached hydrogens (tertiary/aromatic N) is 7. The van der Waals surface area contributed by atoms with Crippen LogP contribution in [0.4, 0.5) is 5.69 Å². The summed E-state index contributed by atoms with van der Waals surface area (Å²) in [6.45, 7) is 27.6. The van der Waals surface area contributed by atoms with Crippen molar-refractivity contribution in [1.29, 1.82) is 0 Å². The fourth-order valence-electron chi connectivity index (χ4n) is 7.13. The molecule has 0 fully saturated rings. The summed E-state index contributed by atoms with van der Waals surface area (Å²) in [6.07, 6.45) is 0. The van der Waals surface area contributed by atoms with Crippen molar-refractivity contribution in [3.05, 3.63) is 48.6 Å². The lowest BCUT2D eigenvalue weighted by Gasteiger charge is -2.24. The molecular formula is C38H60N8O4. The zero-order chi connectivity index (χ0) is 36.5. The van der Waals surface area contributed by atoms with Crippen LogP contribution in [0.25, 0.3) is 32.7 Å². The van der Waals surface area contributed by atoms with Crippen LogP contribution in [-0.2, 0) is 13.1 Å². The van der Waals surface area contributed by atoms with E-state index in [9.17, 15) is 19.5 Å². The number of aromatic hydroxyl groups is 1. The molecule has 1 aromatic heterocycles. The molecule has 0 spiro atoms. The first-order valence-corrected chi connectivity index (χ1v) is 18.9. The number of anilines is 1. The van der Waals surface area contributed by atoms with Crippen LogP contribution in [0.1, 0.15) is 55.4 Å². The van der Waals surface area contributed by atoms with Crippen molar-refractivity contribution in [2.45, 2.75) is 68.5 Å². The summed E-state index contributed by atoms with van der Waals surface area (Å²) in [5.74, 6) is -0.164. The smallest absolute Gasteiger partial charge is 0.263 e. The Morgan fingerprint density at radius 3 is 1.68 bits per heavy atom. The quantitative estimate of drug-likeness (QED) is 0.127. The van der Waals surface area contributed by atoms with Gasteiger partial charge in [0.1, 0.15) is 0 Å². The van der Waals surface area contributed by atoms with Crippen LogP contribution in [0.5, 0.6) is 5.88 Å². The van der Waals surface area contributed by atoms with Crippen molar-refractivity contribution in [1.82, 2.24) is 28.7 Å². The summed E-state index contributed by atoms with van der Waals surface area (Å²) in [4.78, 5) is 57.2. The summed E-state index contributed by atoms with van der Waals surface area (Å²) >= 11 is 0. The molecule has 1 aliphatic carbocycles. The average Bonchev–Trinajstić information content (AvgIpc) is 3.13. The third kappa shape index (κ3) is 7.98. The van der Waals surface area contributed by atoms with Gasteiger partial charge in [-0.25, -0.2) is 0 Å². The Morgan fingerprint density at radius 1 is 0.620 bits per heavy atom. The van der Waals surface area contributed by atoms with Gasteiger partial charge in [-0.15, -0.1) is 0 Å². The minimum atomic E-state index is -0.399. The van der Waals surface area contributed by atoms with Gasteiger partial charge in [0.25, 0.3) is 16.7 Å². The highest BCUT2D eigenvalue weighted by Gasteiger charge is 2.29. The second kappa shape index (κ2) is 18.1. The minimum absolute atomic E-state index is 0.164. The van der Waals surface area contributed by atoms with Gasteiger partial charge in [0, 0.05) is 67.8 Å². The fraction of sp³-hybridized carbons (Fsp3) is 0.632. The molecule has 0 unspecified atom stereocenters. The Hall–Kier alpha value is -3.58. The molecule has 2 N–H and O–H groups in total. The summed E-state index contributed by atoms with van der Waals surface area (Å²) in [7, 11) is 0. The molecule has 1 aromatic carbocycles. The highest BCUT2D eigenvalue weighted by atomic mass is 16.3. The Kier molecular flexibility index (Phi) is 14.2. The van der Waals surface area contributed by atoms with Crippen LogP contribution >= 0.6 is 0 Å². The van der Waals surface area contributed by atoms with E-state index < -0.39 is 5.56 Å². The Labute approximate surface area is 296 Å². The van der Waals surface area contributed by atoms with E-state index in [2.05, 4.69) is 80.3 Å². The van der Waals surface area contributed by atoms with Crippen LogP contribution in [0.15, 0.2) is 31.5 Å². The molecule has 2 aliphatic rings. The highest BCUT2D eigenvalue weighted by molar-refractivity contribution is 6.18. The number of likely N-dealkylation sites (N-methyl/N-ethyl adjacent to an activating group) is 4. The SMILES string of the molecule is CCN(CC)CCN=c1cc2c(=O)n(CCN(CC)CC)c(=O)c3c(NCCN(CC)CC)cc4c(O)n(CCN(CC)CC)c(=O)c1c4c3-2. The Balaban J connectivity index is 2.11. The fourth-order valence-corrected chi connectivity index (χ4v) is 7.13. The van der Waals surface area contributed by atoms with Gasteiger partial charge in [-0.1, -0.05) is 55.4 Å². The molecule has 0 atom stereocenters. The van der Waals surface area contributed by atoms with Crippen molar-refractivity contribution < 1.29 is 5.11 Å². The predicted octanol–water partition coefficient (Wildman–Crippen LogP) is 3.04. The molecule has 276 valence electrons. The Morgan fingerprint density at radius 2 is 1.12 bits per heavy atom. The summed E-state index contributed by atoms with van der Waals surface area (Å²) in [5, 5.41) is 17.4. The molecule has 0 saturated heterocycles. The maximum absolute atomic E-state index is 14.5. The van der Waals surface area contributed by atoms with E-state index in [1.54, 1.807) is 12.1 Å². The van der Waals surface area contributed by atoms with Gasteiger partial charge >= 0.3 is 0 Å². The van der Waals surface area contributed by atoms with E-state index in [0.29, 0.717) is 76.4 Å². The van der Waals surface area contributed by atoms with E-state index in [1.807, 2.05) is 0 Å². The van der Waals surface area contributed by atoms with Gasteiger partial charge in [-0.2, -0.15) is 0 Å². The predicted molar refractivity (Wildman–Crippen MR) is 207 cm³/mol. The average molecular weight is 693 g/mol. The van der Waals surface area contributed by atoms with E-state index in [4.69, 9.17) is 4.99 Å². The van der Waals surface area contributed by atoms with Crippen LogP contribution in [0.3, 0.4) is 0 Å². The van der Waals surface area contributed by atoms with Crippen LogP contribution in [0, 0.1) is 0 Å². The van der Waals surface area contributed by atoms with Crippen LogP contribution in [0.2, 0.25) is 0 Å². The van der Waals surface area contributed by atoms with E-state index in [1.165, 1.54) is 9.13 Å². The van der Waals surface area contributed by atoms with E-state index in [-0.39, 0.29) is 30.1 Å². The van der Waals surface area contributed by atoms with Gasteiger partial charge in [0.2, 0.25) is 5.88 Å². The lowest BCUT2D eigenvalue weighted by molar-refractivity contribution is 0.281. The second-order valence-electron chi connectivity index (χ2n) is 12.9. The molecule has 4 rings (SSSR count). The number of hydrogen-bond donors (Lipinski definition) is 2. The van der Waals surface area contributed by atoms with E-state index in [0.717, 1.165) is 58.9 Å². The van der Waals surface area contributed by atoms with Crippen molar-refractivity contribution in [3.8, 4) is 17.0 Å². The first-order valence-electron chi connectivity index (χ1n) is 18.9. The Bertz CT molecular complexity index is 1890. The summed E-state index contributed by atoms with van der Waals surface area (Å²) in [6, 6.07) is 3.52. The number of aromatic nitrogens is 2. The van der Waals surface area contributed by atoms with Crippen molar-refractivity contribution in [2.24, 2.45) is 4.99 Å². The number of nitrogens with one attached hydrogen (secondary N) is 1. The second-order valence-corrected chi connectivity index (χ2v) is 12.9. The zero-order valence-corrected chi connectivity index (χ0v) is 31.8. The number of pyridine rings is 2. The summed E-state index contributed by atoms with van der Waals surface area (Å²) in [5.41, 5.74) is 0.150. The van der Waals surface area contributed by atoms with Crippen LogP contribution in [-0.4, -0.2) is 125 Å². The molecule has 1 aliphatic heterocycles. The van der Waals surface area contributed by atoms with Crippen molar-refractivity contribution in [2.75, 3.05) is 96.9 Å². The maximum atomic E-state index is 14.5. The zero-order valence-electron chi connectivity index (χ0n) is 31.8. The molecule has 12 heteroatoms. The highest BCUT2D eigenvalue weighted by Crippen LogP contribution is 2.40. The molecule has 0 radical (unpaired) electrons. The normalized spacial score (nSPS) is 12.8. The number of rotatable bonds is 21. The first kappa shape index (κ1) is 39.2. The van der Waals surface area contributed by atoms with Gasteiger partial charge in [-0.3, -0.25) is 28.5 Å². The van der Waals surface area contributed by atoms with Crippen molar-refractivity contribution >= 4 is 27.2 Å². The topological polar surface area (TPSA) is 119 Å². The van der Waals surface area contributed by atoms with Gasteiger partial charge in [0.05, 0.1) is 28.2 Å². The van der Waals surface area contributed by atoms with Crippen molar-refractivity contribution in [3.63, 3.8) is 0 Å². The molecule has 50 heavy (non-hydrogen) atoms. The van der Waals surface area contributed by atoms with E-state index >= 15 is 0 Å².